The van der Waals surface area contributed by atoms with E-state index >= 15 is 0 Å². The van der Waals surface area contributed by atoms with Gasteiger partial charge in [-0.2, -0.15) is 0 Å². The first-order chi connectivity index (χ1) is 9.72. The maximum absolute atomic E-state index is 11.3. The Kier molecular flexibility index (Phi) is 8.02. The summed E-state index contributed by atoms with van der Waals surface area (Å²) in [6.45, 7) is 0.368. The van der Waals surface area contributed by atoms with Gasteiger partial charge in [0.1, 0.15) is 19.8 Å². The topological polar surface area (TPSA) is 71.1 Å². The third-order valence-electron chi connectivity index (χ3n) is 2.28. The van der Waals surface area contributed by atoms with Gasteiger partial charge in [-0.3, -0.25) is 0 Å². The van der Waals surface area contributed by atoms with Crippen LogP contribution in [-0.2, 0) is 35.1 Å². The van der Waals surface area contributed by atoms with Crippen LogP contribution < -0.4 is 0 Å². The van der Waals surface area contributed by atoms with E-state index in [0.717, 1.165) is 5.56 Å². The lowest BCUT2D eigenvalue weighted by molar-refractivity contribution is -0.152. The molecule has 0 spiro atoms. The summed E-state index contributed by atoms with van der Waals surface area (Å²) >= 11 is 0. The van der Waals surface area contributed by atoms with Gasteiger partial charge in [-0.1, -0.05) is 30.3 Å². The van der Waals surface area contributed by atoms with E-state index in [2.05, 4.69) is 4.74 Å². The van der Waals surface area contributed by atoms with Gasteiger partial charge in [0.25, 0.3) is 0 Å². The predicted octanol–water partition coefficient (Wildman–Crippen LogP) is 0.936. The summed E-state index contributed by atoms with van der Waals surface area (Å²) in [7, 11) is 1.28. The summed E-state index contributed by atoms with van der Waals surface area (Å²) in [5, 5.41) is 0. The highest BCUT2D eigenvalue weighted by atomic mass is 16.6. The van der Waals surface area contributed by atoms with E-state index in [0.29, 0.717) is 0 Å². The first kappa shape index (κ1) is 16.1. The third kappa shape index (κ3) is 7.50. The van der Waals surface area contributed by atoms with E-state index in [1.807, 2.05) is 30.3 Å². The Morgan fingerprint density at radius 2 is 1.55 bits per heavy atom. The van der Waals surface area contributed by atoms with Crippen LogP contribution in [0.15, 0.2) is 30.3 Å². The smallest absolute Gasteiger partial charge is 0.332 e. The van der Waals surface area contributed by atoms with Crippen molar-refractivity contribution in [2.75, 3.05) is 33.5 Å². The van der Waals surface area contributed by atoms with Gasteiger partial charge in [-0.25, -0.2) is 9.59 Å². The minimum atomic E-state index is -0.452. The van der Waals surface area contributed by atoms with Gasteiger partial charge in [0.2, 0.25) is 0 Å². The maximum atomic E-state index is 11.3. The average Bonchev–Trinajstić information content (AvgIpc) is 2.49. The SMILES string of the molecule is COC(=O)COCCOCC(=O)OCc1ccccc1. The summed E-state index contributed by atoms with van der Waals surface area (Å²) in [5.74, 6) is -0.894. The van der Waals surface area contributed by atoms with Gasteiger partial charge in [0.05, 0.1) is 20.3 Å². The van der Waals surface area contributed by atoms with Gasteiger partial charge >= 0.3 is 11.9 Å². The minimum Gasteiger partial charge on any atom is -0.467 e. The highest BCUT2D eigenvalue weighted by molar-refractivity contribution is 5.70. The molecule has 0 bridgehead atoms. The van der Waals surface area contributed by atoms with Crippen molar-refractivity contribution in [2.24, 2.45) is 0 Å². The number of ether oxygens (including phenoxy) is 4. The van der Waals surface area contributed by atoms with Crippen molar-refractivity contribution in [2.45, 2.75) is 6.61 Å². The first-order valence-electron chi connectivity index (χ1n) is 6.14. The lowest BCUT2D eigenvalue weighted by Gasteiger charge is -2.06. The fourth-order valence-corrected chi connectivity index (χ4v) is 1.27. The van der Waals surface area contributed by atoms with Crippen LogP contribution in [0, 0.1) is 0 Å². The van der Waals surface area contributed by atoms with Crippen LogP contribution in [0.2, 0.25) is 0 Å². The Morgan fingerprint density at radius 3 is 2.15 bits per heavy atom. The van der Waals surface area contributed by atoms with Crippen molar-refractivity contribution in [1.82, 2.24) is 0 Å². The largest absolute Gasteiger partial charge is 0.467 e. The molecule has 0 unspecified atom stereocenters. The molecular weight excluding hydrogens is 264 g/mol. The maximum Gasteiger partial charge on any atom is 0.332 e. The van der Waals surface area contributed by atoms with Crippen LogP contribution in [0.4, 0.5) is 0 Å². The molecule has 0 saturated heterocycles. The normalized spacial score (nSPS) is 10.1. The number of hydrogen-bond acceptors (Lipinski definition) is 6. The molecule has 0 N–H and O–H groups in total. The molecule has 0 fully saturated rings. The molecule has 0 amide bonds. The second-order valence-electron chi connectivity index (χ2n) is 3.83. The molecule has 0 aliphatic carbocycles. The highest BCUT2D eigenvalue weighted by Gasteiger charge is 2.04. The van der Waals surface area contributed by atoms with Gasteiger partial charge < -0.3 is 18.9 Å². The van der Waals surface area contributed by atoms with E-state index in [4.69, 9.17) is 14.2 Å². The Morgan fingerprint density at radius 1 is 0.950 bits per heavy atom. The second-order valence-corrected chi connectivity index (χ2v) is 3.83. The number of carbonyl (C=O) groups excluding carboxylic acids is 2. The molecule has 0 radical (unpaired) electrons. The second kappa shape index (κ2) is 9.94. The number of carbonyl (C=O) groups is 2. The molecule has 0 heterocycles. The van der Waals surface area contributed by atoms with Crippen LogP contribution in [0.5, 0.6) is 0 Å². The minimum absolute atomic E-state index is 0.127. The average molecular weight is 282 g/mol. The molecule has 1 rings (SSSR count). The number of esters is 2. The molecule has 110 valence electrons. The Hall–Kier alpha value is -1.92. The van der Waals surface area contributed by atoms with Crippen molar-refractivity contribution < 1.29 is 28.5 Å². The Bertz CT molecular complexity index is 403. The van der Waals surface area contributed by atoms with Crippen molar-refractivity contribution in [3.63, 3.8) is 0 Å². The molecule has 0 saturated carbocycles. The molecular formula is C14H18O6. The zero-order valence-electron chi connectivity index (χ0n) is 11.4. The van der Waals surface area contributed by atoms with E-state index in [9.17, 15) is 9.59 Å². The van der Waals surface area contributed by atoms with Crippen LogP contribution in [0.1, 0.15) is 5.56 Å². The van der Waals surface area contributed by atoms with E-state index in [1.165, 1.54) is 7.11 Å². The van der Waals surface area contributed by atoms with E-state index in [1.54, 1.807) is 0 Å². The number of hydrogen-bond donors (Lipinski definition) is 0. The highest BCUT2D eigenvalue weighted by Crippen LogP contribution is 2.00. The summed E-state index contributed by atoms with van der Waals surface area (Å²) in [6.07, 6.45) is 0. The fourth-order valence-electron chi connectivity index (χ4n) is 1.27. The molecule has 0 aliphatic heterocycles. The number of benzene rings is 1. The zero-order chi connectivity index (χ0) is 14.6. The van der Waals surface area contributed by atoms with Gasteiger partial charge in [0, 0.05) is 0 Å². The summed E-state index contributed by atoms with van der Waals surface area (Å²) < 4.78 is 19.4. The van der Waals surface area contributed by atoms with Gasteiger partial charge in [0.15, 0.2) is 0 Å². The van der Waals surface area contributed by atoms with Crippen molar-refractivity contribution in [3.8, 4) is 0 Å². The molecule has 6 heteroatoms. The molecule has 1 aromatic rings. The quantitative estimate of drug-likeness (QED) is 0.496. The van der Waals surface area contributed by atoms with Crippen LogP contribution >= 0.6 is 0 Å². The molecule has 0 aromatic heterocycles. The lowest BCUT2D eigenvalue weighted by Crippen LogP contribution is -2.17. The van der Waals surface area contributed by atoms with Gasteiger partial charge in [-0.15, -0.1) is 0 Å². The molecule has 0 aliphatic rings. The van der Waals surface area contributed by atoms with Crippen molar-refractivity contribution >= 4 is 11.9 Å². The summed E-state index contributed by atoms with van der Waals surface area (Å²) in [5.41, 5.74) is 0.919. The summed E-state index contributed by atoms with van der Waals surface area (Å²) in [6, 6.07) is 9.38. The molecule has 6 nitrogen and oxygen atoms in total. The van der Waals surface area contributed by atoms with Crippen molar-refractivity contribution in [3.05, 3.63) is 35.9 Å². The monoisotopic (exact) mass is 282 g/mol. The lowest BCUT2D eigenvalue weighted by atomic mass is 10.2. The van der Waals surface area contributed by atoms with Gasteiger partial charge in [-0.05, 0) is 5.56 Å². The molecule has 0 atom stereocenters. The standard InChI is InChI=1S/C14H18O6/c1-17-13(15)10-18-7-8-19-11-14(16)20-9-12-5-3-2-4-6-12/h2-6H,7-11H2,1H3. The van der Waals surface area contributed by atoms with E-state index in [-0.39, 0.29) is 33.0 Å². The van der Waals surface area contributed by atoms with Crippen LogP contribution in [0.25, 0.3) is 0 Å². The fraction of sp³-hybridized carbons (Fsp3) is 0.429. The molecule has 1 aromatic carbocycles. The van der Waals surface area contributed by atoms with E-state index < -0.39 is 11.9 Å². The number of rotatable bonds is 9. The predicted molar refractivity (Wildman–Crippen MR) is 69.9 cm³/mol. The first-order valence-corrected chi connectivity index (χ1v) is 6.14. The zero-order valence-corrected chi connectivity index (χ0v) is 11.4. The Labute approximate surface area is 117 Å². The van der Waals surface area contributed by atoms with Crippen LogP contribution in [-0.4, -0.2) is 45.5 Å². The third-order valence-corrected chi connectivity index (χ3v) is 2.28. The van der Waals surface area contributed by atoms with Crippen molar-refractivity contribution in [1.29, 1.82) is 0 Å². The Balaban J connectivity index is 1.99. The summed E-state index contributed by atoms with van der Waals surface area (Å²) in [4.78, 5) is 22.1. The molecule has 20 heavy (non-hydrogen) atoms. The number of methoxy groups -OCH3 is 1. The van der Waals surface area contributed by atoms with Crippen LogP contribution in [0.3, 0.4) is 0 Å².